The van der Waals surface area contributed by atoms with Gasteiger partial charge < -0.3 is 14.8 Å². The molecule has 4 rings (SSSR count). The number of ether oxygens (including phenoxy) is 1. The zero-order valence-corrected chi connectivity index (χ0v) is 15.0. The smallest absolute Gasteiger partial charge is 0.311 e. The Kier molecular flexibility index (Phi) is 4.24. The number of aliphatic carboxylic acids is 1. The predicted octanol–water partition coefficient (Wildman–Crippen LogP) is 3.74. The van der Waals surface area contributed by atoms with Gasteiger partial charge in [-0.15, -0.1) is 0 Å². The number of hydrogen-bond donors (Lipinski definition) is 2. The summed E-state index contributed by atoms with van der Waals surface area (Å²) in [6.07, 6.45) is 2.13. The second kappa shape index (κ2) is 6.74. The van der Waals surface area contributed by atoms with Crippen LogP contribution in [-0.4, -0.2) is 27.6 Å². The van der Waals surface area contributed by atoms with E-state index in [0.29, 0.717) is 46.4 Å². The Balaban J connectivity index is 1.74. The molecule has 2 heterocycles. The van der Waals surface area contributed by atoms with E-state index in [0.717, 1.165) is 5.52 Å². The van der Waals surface area contributed by atoms with Gasteiger partial charge in [-0.3, -0.25) is 14.9 Å². The number of aromatic amines is 1. The van der Waals surface area contributed by atoms with Gasteiger partial charge in [-0.25, -0.2) is 0 Å². The maximum atomic E-state index is 11.5. The number of benzene rings is 2. The molecule has 28 heavy (non-hydrogen) atoms. The van der Waals surface area contributed by atoms with Gasteiger partial charge in [0.15, 0.2) is 0 Å². The molecule has 1 aliphatic rings. The number of nitro groups is 1. The van der Waals surface area contributed by atoms with Gasteiger partial charge in [0.25, 0.3) is 5.69 Å². The number of nitrogens with one attached hydrogen (secondary N) is 1. The second-order valence-electron chi connectivity index (χ2n) is 6.67. The minimum absolute atomic E-state index is 0.0466. The number of rotatable bonds is 2. The third-order valence-electron chi connectivity index (χ3n) is 4.88. The van der Waals surface area contributed by atoms with Crippen molar-refractivity contribution in [3.05, 3.63) is 68.9 Å². The molecule has 1 aromatic heterocycles. The summed E-state index contributed by atoms with van der Waals surface area (Å²) in [5.74, 6) is 5.14. The van der Waals surface area contributed by atoms with Gasteiger partial charge in [0, 0.05) is 39.9 Å². The van der Waals surface area contributed by atoms with Crippen LogP contribution in [0.15, 0.2) is 36.5 Å². The molecule has 0 amide bonds. The van der Waals surface area contributed by atoms with Crippen LogP contribution in [-0.2, 0) is 4.79 Å². The van der Waals surface area contributed by atoms with E-state index in [4.69, 9.17) is 4.74 Å². The first kappa shape index (κ1) is 17.6. The van der Waals surface area contributed by atoms with Crippen LogP contribution < -0.4 is 4.74 Å². The molecule has 140 valence electrons. The van der Waals surface area contributed by atoms with E-state index in [-0.39, 0.29) is 5.69 Å². The molecule has 0 fully saturated rings. The Hall–Kier alpha value is -3.79. The van der Waals surface area contributed by atoms with E-state index >= 15 is 0 Å². The van der Waals surface area contributed by atoms with E-state index in [9.17, 15) is 20.0 Å². The zero-order valence-electron chi connectivity index (χ0n) is 15.0. The Morgan fingerprint density at radius 2 is 2.14 bits per heavy atom. The lowest BCUT2D eigenvalue weighted by Gasteiger charge is -2.23. The molecule has 0 bridgehead atoms. The molecule has 3 aromatic rings. The fraction of sp³-hybridized carbons (Fsp3) is 0.190. The number of nitrogens with zero attached hydrogens (tertiary/aromatic N) is 1. The van der Waals surface area contributed by atoms with Gasteiger partial charge >= 0.3 is 5.97 Å². The molecule has 0 aliphatic carbocycles. The maximum Gasteiger partial charge on any atom is 0.311 e. The summed E-state index contributed by atoms with van der Waals surface area (Å²) < 4.78 is 5.53. The number of fused-ring (bicyclic) bond motifs is 2. The number of carboxylic acid groups (broad SMARTS) is 1. The minimum Gasteiger partial charge on any atom is -0.493 e. The molecule has 1 unspecified atom stereocenters. The van der Waals surface area contributed by atoms with Crippen molar-refractivity contribution in [2.75, 3.05) is 6.61 Å². The van der Waals surface area contributed by atoms with Crippen molar-refractivity contribution in [1.82, 2.24) is 4.98 Å². The first-order valence-corrected chi connectivity index (χ1v) is 8.71. The molecule has 2 aromatic carbocycles. The highest BCUT2D eigenvalue weighted by Crippen LogP contribution is 2.34. The average molecular weight is 376 g/mol. The average Bonchev–Trinajstić information content (AvgIpc) is 3.06. The summed E-state index contributed by atoms with van der Waals surface area (Å²) in [7, 11) is 0. The number of nitro benzene ring substituents is 1. The van der Waals surface area contributed by atoms with Crippen LogP contribution in [0.1, 0.15) is 34.6 Å². The third kappa shape index (κ3) is 3.05. The molecule has 0 saturated carbocycles. The minimum atomic E-state index is -0.881. The maximum absolute atomic E-state index is 11.5. The highest BCUT2D eigenvalue weighted by Gasteiger charge is 2.27. The number of hydrogen-bond acceptors (Lipinski definition) is 4. The lowest BCUT2D eigenvalue weighted by Crippen LogP contribution is -2.20. The number of H-pyrrole nitrogens is 1. The Bertz CT molecular complexity index is 1180. The van der Waals surface area contributed by atoms with Gasteiger partial charge in [-0.2, -0.15) is 0 Å². The molecule has 0 saturated heterocycles. The lowest BCUT2D eigenvalue weighted by atomic mass is 9.92. The lowest BCUT2D eigenvalue weighted by molar-refractivity contribution is -0.385. The topological polar surface area (TPSA) is 105 Å². The number of carboxylic acids is 1. The third-order valence-corrected chi connectivity index (χ3v) is 4.88. The summed E-state index contributed by atoms with van der Waals surface area (Å²) in [6.45, 7) is 2.07. The number of aromatic nitrogens is 1. The summed E-state index contributed by atoms with van der Waals surface area (Å²) in [5.41, 5.74) is 3.32. The largest absolute Gasteiger partial charge is 0.493 e. The van der Waals surface area contributed by atoms with Crippen molar-refractivity contribution in [2.45, 2.75) is 19.3 Å². The number of carbonyl (C=O) groups is 1. The molecule has 1 aliphatic heterocycles. The first-order valence-electron chi connectivity index (χ1n) is 8.71. The van der Waals surface area contributed by atoms with E-state index in [1.54, 1.807) is 37.4 Å². The van der Waals surface area contributed by atoms with Crippen molar-refractivity contribution in [1.29, 1.82) is 0 Å². The Labute approximate surface area is 160 Å². The van der Waals surface area contributed by atoms with E-state index in [1.165, 1.54) is 6.07 Å². The summed E-state index contributed by atoms with van der Waals surface area (Å²) in [5, 5.41) is 21.3. The van der Waals surface area contributed by atoms with Crippen LogP contribution in [0.25, 0.3) is 10.9 Å². The van der Waals surface area contributed by atoms with Gasteiger partial charge in [0.1, 0.15) is 5.75 Å². The van der Waals surface area contributed by atoms with Crippen molar-refractivity contribution in [2.24, 2.45) is 0 Å². The zero-order chi connectivity index (χ0) is 19.8. The summed E-state index contributed by atoms with van der Waals surface area (Å²) in [4.78, 5) is 25.4. The highest BCUT2D eigenvalue weighted by molar-refractivity contribution is 5.89. The fourth-order valence-electron chi connectivity index (χ4n) is 3.43. The second-order valence-corrected chi connectivity index (χ2v) is 6.67. The SMILES string of the molecule is Cc1cc2[nH]cc(C#Cc3ccc4c(c3)C(C(=O)O)CCO4)c2cc1[N+](=O)[O-]. The van der Waals surface area contributed by atoms with Crippen molar-refractivity contribution >= 4 is 22.6 Å². The quantitative estimate of drug-likeness (QED) is 0.403. The van der Waals surface area contributed by atoms with Crippen LogP contribution in [0.4, 0.5) is 5.69 Å². The van der Waals surface area contributed by atoms with Crippen LogP contribution >= 0.6 is 0 Å². The molecule has 0 radical (unpaired) electrons. The summed E-state index contributed by atoms with van der Waals surface area (Å²) in [6, 6.07) is 8.50. The van der Waals surface area contributed by atoms with E-state index in [1.807, 2.05) is 0 Å². The highest BCUT2D eigenvalue weighted by atomic mass is 16.6. The van der Waals surface area contributed by atoms with Gasteiger partial charge in [0.2, 0.25) is 0 Å². The van der Waals surface area contributed by atoms with Crippen LogP contribution in [0.2, 0.25) is 0 Å². The molecular weight excluding hydrogens is 360 g/mol. The molecule has 7 nitrogen and oxygen atoms in total. The van der Waals surface area contributed by atoms with Gasteiger partial charge in [-0.1, -0.05) is 11.8 Å². The fourth-order valence-corrected chi connectivity index (χ4v) is 3.43. The van der Waals surface area contributed by atoms with Crippen LogP contribution in [0.5, 0.6) is 5.75 Å². The Morgan fingerprint density at radius 1 is 1.32 bits per heavy atom. The van der Waals surface area contributed by atoms with Gasteiger partial charge in [0.05, 0.1) is 23.0 Å². The standard InChI is InChI=1S/C21H16N2O5/c1-12-8-18-16(10-19(12)23(26)27)14(11-22-18)4-2-13-3-5-20-17(9-13)15(21(24)25)6-7-28-20/h3,5,8-11,15,22H,6-7H2,1H3,(H,24,25). The molecule has 7 heteroatoms. The first-order chi connectivity index (χ1) is 13.4. The summed E-state index contributed by atoms with van der Waals surface area (Å²) >= 11 is 0. The molecule has 1 atom stereocenters. The van der Waals surface area contributed by atoms with E-state index < -0.39 is 16.8 Å². The number of aryl methyl sites for hydroxylation is 1. The monoisotopic (exact) mass is 376 g/mol. The normalized spacial score (nSPS) is 15.2. The molecular formula is C21H16N2O5. The van der Waals surface area contributed by atoms with Crippen LogP contribution in [0.3, 0.4) is 0 Å². The van der Waals surface area contributed by atoms with E-state index in [2.05, 4.69) is 16.8 Å². The molecule has 2 N–H and O–H groups in total. The van der Waals surface area contributed by atoms with Crippen LogP contribution in [0, 0.1) is 28.9 Å². The molecule has 0 spiro atoms. The van der Waals surface area contributed by atoms with Crippen molar-refractivity contribution in [3.63, 3.8) is 0 Å². The predicted molar refractivity (Wildman–Crippen MR) is 103 cm³/mol. The Morgan fingerprint density at radius 3 is 2.89 bits per heavy atom. The van der Waals surface area contributed by atoms with Gasteiger partial charge in [-0.05, 0) is 37.6 Å². The van der Waals surface area contributed by atoms with Crippen molar-refractivity contribution in [3.8, 4) is 17.6 Å². The van der Waals surface area contributed by atoms with Crippen molar-refractivity contribution < 1.29 is 19.6 Å².